The number of nitrogens with zero attached hydrogens (tertiary/aromatic N) is 1. The molecule has 76 valence electrons. The van der Waals surface area contributed by atoms with Crippen molar-refractivity contribution in [2.24, 2.45) is 5.92 Å². The van der Waals surface area contributed by atoms with Gasteiger partial charge in [0.1, 0.15) is 0 Å². The Morgan fingerprint density at radius 1 is 1.08 bits per heavy atom. The third-order valence-electron chi connectivity index (χ3n) is 3.36. The summed E-state index contributed by atoms with van der Waals surface area (Å²) in [6.45, 7) is 6.58. The maximum absolute atomic E-state index is 3.54. The SMILES string of the molecule is C1CCC(CN2CCCC2)CNC1. The molecule has 0 bridgehead atoms. The zero-order chi connectivity index (χ0) is 8.93. The topological polar surface area (TPSA) is 15.3 Å². The lowest BCUT2D eigenvalue weighted by Gasteiger charge is -2.21. The predicted octanol–water partition coefficient (Wildman–Crippen LogP) is 1.47. The number of rotatable bonds is 2. The molecule has 2 saturated heterocycles. The molecular formula is C11H22N2. The van der Waals surface area contributed by atoms with E-state index in [-0.39, 0.29) is 0 Å². The van der Waals surface area contributed by atoms with Crippen molar-refractivity contribution in [2.45, 2.75) is 32.1 Å². The van der Waals surface area contributed by atoms with E-state index in [0.717, 1.165) is 5.92 Å². The second-order valence-corrected chi connectivity index (χ2v) is 4.57. The summed E-state index contributed by atoms with van der Waals surface area (Å²) in [6, 6.07) is 0. The fraction of sp³-hybridized carbons (Fsp3) is 1.00. The van der Waals surface area contributed by atoms with Crippen LogP contribution in [0, 0.1) is 5.92 Å². The molecule has 2 rings (SSSR count). The minimum Gasteiger partial charge on any atom is -0.316 e. The quantitative estimate of drug-likeness (QED) is 0.696. The summed E-state index contributed by atoms with van der Waals surface area (Å²) in [5, 5.41) is 3.54. The maximum Gasteiger partial charge on any atom is 0.00218 e. The molecule has 0 spiro atoms. The Kier molecular flexibility index (Phi) is 3.62. The smallest absolute Gasteiger partial charge is 0.00218 e. The fourth-order valence-electron chi connectivity index (χ4n) is 2.58. The molecule has 2 fully saturated rings. The second kappa shape index (κ2) is 4.97. The van der Waals surface area contributed by atoms with Gasteiger partial charge in [-0.3, -0.25) is 0 Å². The van der Waals surface area contributed by atoms with Crippen LogP contribution >= 0.6 is 0 Å². The summed E-state index contributed by atoms with van der Waals surface area (Å²) in [4.78, 5) is 2.65. The van der Waals surface area contributed by atoms with Crippen LogP contribution in [0.15, 0.2) is 0 Å². The van der Waals surface area contributed by atoms with Gasteiger partial charge in [0.25, 0.3) is 0 Å². The Morgan fingerprint density at radius 3 is 2.77 bits per heavy atom. The van der Waals surface area contributed by atoms with E-state index in [9.17, 15) is 0 Å². The van der Waals surface area contributed by atoms with E-state index in [1.54, 1.807) is 0 Å². The predicted molar refractivity (Wildman–Crippen MR) is 55.9 cm³/mol. The molecule has 0 aromatic carbocycles. The van der Waals surface area contributed by atoms with Crippen molar-refractivity contribution in [2.75, 3.05) is 32.7 Å². The van der Waals surface area contributed by atoms with Crippen LogP contribution in [-0.4, -0.2) is 37.6 Å². The van der Waals surface area contributed by atoms with E-state index in [1.165, 1.54) is 64.8 Å². The van der Waals surface area contributed by atoms with Gasteiger partial charge in [-0.25, -0.2) is 0 Å². The molecule has 2 aliphatic rings. The Balaban J connectivity index is 1.71. The molecular weight excluding hydrogens is 160 g/mol. The molecule has 0 saturated carbocycles. The van der Waals surface area contributed by atoms with Gasteiger partial charge >= 0.3 is 0 Å². The highest BCUT2D eigenvalue weighted by Crippen LogP contribution is 2.16. The molecule has 1 atom stereocenters. The highest BCUT2D eigenvalue weighted by Gasteiger charge is 2.18. The first-order valence-electron chi connectivity index (χ1n) is 5.88. The van der Waals surface area contributed by atoms with Gasteiger partial charge in [-0.1, -0.05) is 6.42 Å². The van der Waals surface area contributed by atoms with Gasteiger partial charge in [0.05, 0.1) is 0 Å². The van der Waals surface area contributed by atoms with Crippen molar-refractivity contribution in [1.29, 1.82) is 0 Å². The zero-order valence-corrected chi connectivity index (χ0v) is 8.60. The molecule has 2 aliphatic heterocycles. The molecule has 0 aromatic rings. The van der Waals surface area contributed by atoms with Crippen molar-refractivity contribution in [3.05, 3.63) is 0 Å². The summed E-state index contributed by atoms with van der Waals surface area (Å²) in [6.07, 6.45) is 7.13. The summed E-state index contributed by atoms with van der Waals surface area (Å²) >= 11 is 0. The monoisotopic (exact) mass is 182 g/mol. The Morgan fingerprint density at radius 2 is 1.92 bits per heavy atom. The molecule has 0 radical (unpaired) electrons. The minimum absolute atomic E-state index is 0.931. The van der Waals surface area contributed by atoms with E-state index < -0.39 is 0 Å². The molecule has 2 heterocycles. The first-order valence-corrected chi connectivity index (χ1v) is 5.88. The number of nitrogens with one attached hydrogen (secondary N) is 1. The third-order valence-corrected chi connectivity index (χ3v) is 3.36. The molecule has 1 N–H and O–H groups in total. The highest BCUT2D eigenvalue weighted by atomic mass is 15.1. The van der Waals surface area contributed by atoms with Crippen LogP contribution < -0.4 is 5.32 Å². The average Bonchev–Trinajstić information content (AvgIpc) is 2.49. The molecule has 1 unspecified atom stereocenters. The molecule has 2 heteroatoms. The lowest BCUT2D eigenvalue weighted by molar-refractivity contribution is 0.268. The van der Waals surface area contributed by atoms with Gasteiger partial charge < -0.3 is 10.2 Å². The number of hydrogen-bond donors (Lipinski definition) is 1. The Bertz CT molecular complexity index is 133. The summed E-state index contributed by atoms with van der Waals surface area (Å²) in [5.74, 6) is 0.931. The lowest BCUT2D eigenvalue weighted by atomic mass is 10.0. The Hall–Kier alpha value is -0.0800. The standard InChI is InChI=1S/C11H22N2/c1-2-6-12-9-11(5-1)10-13-7-3-4-8-13/h11-12H,1-10H2. The first-order chi connectivity index (χ1) is 6.45. The van der Waals surface area contributed by atoms with Gasteiger partial charge in [-0.05, 0) is 57.8 Å². The largest absolute Gasteiger partial charge is 0.316 e. The normalized spacial score (nSPS) is 31.8. The summed E-state index contributed by atoms with van der Waals surface area (Å²) in [7, 11) is 0. The van der Waals surface area contributed by atoms with E-state index in [0.29, 0.717) is 0 Å². The molecule has 0 aromatic heterocycles. The molecule has 13 heavy (non-hydrogen) atoms. The van der Waals surface area contributed by atoms with Gasteiger partial charge in [-0.15, -0.1) is 0 Å². The van der Waals surface area contributed by atoms with E-state index in [1.807, 2.05) is 0 Å². The number of hydrogen-bond acceptors (Lipinski definition) is 2. The van der Waals surface area contributed by atoms with Crippen molar-refractivity contribution < 1.29 is 0 Å². The molecule has 0 amide bonds. The second-order valence-electron chi connectivity index (χ2n) is 4.57. The van der Waals surface area contributed by atoms with Crippen LogP contribution in [0.5, 0.6) is 0 Å². The van der Waals surface area contributed by atoms with E-state index >= 15 is 0 Å². The third kappa shape index (κ3) is 2.96. The summed E-state index contributed by atoms with van der Waals surface area (Å²) < 4.78 is 0. The first kappa shape index (κ1) is 9.47. The van der Waals surface area contributed by atoms with Crippen molar-refractivity contribution in [3.63, 3.8) is 0 Å². The fourth-order valence-corrected chi connectivity index (χ4v) is 2.58. The van der Waals surface area contributed by atoms with Crippen molar-refractivity contribution in [1.82, 2.24) is 10.2 Å². The van der Waals surface area contributed by atoms with Crippen LogP contribution in [0.2, 0.25) is 0 Å². The van der Waals surface area contributed by atoms with Crippen LogP contribution in [0.3, 0.4) is 0 Å². The molecule has 0 aliphatic carbocycles. The van der Waals surface area contributed by atoms with Crippen molar-refractivity contribution >= 4 is 0 Å². The lowest BCUT2D eigenvalue weighted by Crippen LogP contribution is -2.31. The van der Waals surface area contributed by atoms with Gasteiger partial charge in [0, 0.05) is 6.54 Å². The minimum atomic E-state index is 0.931. The van der Waals surface area contributed by atoms with Crippen LogP contribution in [-0.2, 0) is 0 Å². The highest BCUT2D eigenvalue weighted by molar-refractivity contribution is 4.74. The molecule has 2 nitrogen and oxygen atoms in total. The van der Waals surface area contributed by atoms with Crippen LogP contribution in [0.25, 0.3) is 0 Å². The maximum atomic E-state index is 3.54. The number of likely N-dealkylation sites (tertiary alicyclic amines) is 1. The van der Waals surface area contributed by atoms with Crippen LogP contribution in [0.4, 0.5) is 0 Å². The van der Waals surface area contributed by atoms with Gasteiger partial charge in [0.15, 0.2) is 0 Å². The zero-order valence-electron chi connectivity index (χ0n) is 8.60. The van der Waals surface area contributed by atoms with Gasteiger partial charge in [-0.2, -0.15) is 0 Å². The van der Waals surface area contributed by atoms with E-state index in [4.69, 9.17) is 0 Å². The van der Waals surface area contributed by atoms with Crippen molar-refractivity contribution in [3.8, 4) is 0 Å². The summed E-state index contributed by atoms with van der Waals surface area (Å²) in [5.41, 5.74) is 0. The van der Waals surface area contributed by atoms with Crippen LogP contribution in [0.1, 0.15) is 32.1 Å². The average molecular weight is 182 g/mol. The van der Waals surface area contributed by atoms with E-state index in [2.05, 4.69) is 10.2 Å². The van der Waals surface area contributed by atoms with Gasteiger partial charge in [0.2, 0.25) is 0 Å². The Labute approximate surface area is 81.7 Å².